The Kier molecular flexibility index (Phi) is 8.53. The van der Waals surface area contributed by atoms with Gasteiger partial charge in [0.05, 0.1) is 6.61 Å². The summed E-state index contributed by atoms with van der Waals surface area (Å²) in [4.78, 5) is 11.0. The number of aliphatic hydroxyl groups is 1. The molecular formula is C13H29NO2. The average Bonchev–Trinajstić information content (AvgIpc) is 2.12. The molecule has 1 amide bonds. The summed E-state index contributed by atoms with van der Waals surface area (Å²) in [6.45, 7) is 14.8. The van der Waals surface area contributed by atoms with Crippen molar-refractivity contribution in [2.24, 2.45) is 10.8 Å². The second kappa shape index (κ2) is 7.66. The highest BCUT2D eigenvalue weighted by Gasteiger charge is 2.19. The number of nitrogens with one attached hydrogen (secondary N) is 1. The Morgan fingerprint density at radius 1 is 1.12 bits per heavy atom. The van der Waals surface area contributed by atoms with E-state index in [1.54, 1.807) is 0 Å². The van der Waals surface area contributed by atoms with Crippen molar-refractivity contribution >= 4 is 5.91 Å². The van der Waals surface area contributed by atoms with Crippen LogP contribution >= 0.6 is 0 Å². The van der Waals surface area contributed by atoms with E-state index in [0.29, 0.717) is 12.0 Å². The lowest BCUT2D eigenvalue weighted by Crippen LogP contribution is -2.36. The Morgan fingerprint density at radius 2 is 1.50 bits per heavy atom. The maximum atomic E-state index is 11.0. The van der Waals surface area contributed by atoms with Crippen molar-refractivity contribution in [3.63, 3.8) is 0 Å². The van der Waals surface area contributed by atoms with Gasteiger partial charge < -0.3 is 10.4 Å². The van der Waals surface area contributed by atoms with E-state index in [-0.39, 0.29) is 17.9 Å². The van der Waals surface area contributed by atoms with Crippen LogP contribution in [0.3, 0.4) is 0 Å². The van der Waals surface area contributed by atoms with Gasteiger partial charge in [-0.2, -0.15) is 0 Å². The summed E-state index contributed by atoms with van der Waals surface area (Å²) in [5, 5.41) is 10.9. The van der Waals surface area contributed by atoms with Crippen LogP contribution in [-0.4, -0.2) is 24.2 Å². The Bertz CT molecular complexity index is 187. The van der Waals surface area contributed by atoms with Gasteiger partial charge in [-0.05, 0) is 5.41 Å². The van der Waals surface area contributed by atoms with Crippen molar-refractivity contribution < 1.29 is 9.90 Å². The minimum Gasteiger partial charge on any atom is -0.395 e. The van der Waals surface area contributed by atoms with Gasteiger partial charge in [-0.25, -0.2) is 0 Å². The molecule has 0 radical (unpaired) electrons. The maximum absolute atomic E-state index is 11.0. The quantitative estimate of drug-likeness (QED) is 0.767. The van der Waals surface area contributed by atoms with Crippen molar-refractivity contribution in [1.29, 1.82) is 0 Å². The Balaban J connectivity index is 0. The summed E-state index contributed by atoms with van der Waals surface area (Å²) < 4.78 is 0. The van der Waals surface area contributed by atoms with Gasteiger partial charge in [0.1, 0.15) is 0 Å². The van der Waals surface area contributed by atoms with E-state index in [0.717, 1.165) is 0 Å². The van der Waals surface area contributed by atoms with Gasteiger partial charge in [-0.3, -0.25) is 4.79 Å². The Morgan fingerprint density at radius 3 is 1.69 bits per heavy atom. The van der Waals surface area contributed by atoms with Crippen molar-refractivity contribution in [2.45, 2.75) is 54.9 Å². The van der Waals surface area contributed by atoms with Crippen LogP contribution in [0, 0.1) is 10.8 Å². The lowest BCUT2D eigenvalue weighted by atomic mass is 9.94. The van der Waals surface area contributed by atoms with Crippen molar-refractivity contribution in [2.75, 3.05) is 13.2 Å². The molecular weight excluding hydrogens is 202 g/mol. The highest BCUT2D eigenvalue weighted by molar-refractivity contribution is 5.81. The van der Waals surface area contributed by atoms with Crippen LogP contribution in [0.5, 0.6) is 0 Å². The third kappa shape index (κ3) is 13.4. The molecule has 0 bridgehead atoms. The third-order valence-corrected chi connectivity index (χ3v) is 2.14. The van der Waals surface area contributed by atoms with E-state index in [1.165, 1.54) is 6.42 Å². The second-order valence-corrected chi connectivity index (χ2v) is 6.14. The standard InChI is InChI=1S/C7H15NO2.C6H14/c1-7(2,3)6(10)8-4-5-9;1-5-6(2,3)4/h9H,4-5H2,1-3H3,(H,8,10);5H2,1-4H3. The summed E-state index contributed by atoms with van der Waals surface area (Å²) in [5.74, 6) is -0.0263. The molecule has 0 fully saturated rings. The van der Waals surface area contributed by atoms with Crippen LogP contribution in [0.25, 0.3) is 0 Å². The smallest absolute Gasteiger partial charge is 0.225 e. The van der Waals surface area contributed by atoms with Crippen LogP contribution in [0.4, 0.5) is 0 Å². The topological polar surface area (TPSA) is 49.3 Å². The molecule has 0 aromatic rings. The predicted octanol–water partition coefficient (Wildman–Crippen LogP) is 2.58. The second-order valence-electron chi connectivity index (χ2n) is 6.14. The van der Waals surface area contributed by atoms with E-state index < -0.39 is 0 Å². The largest absolute Gasteiger partial charge is 0.395 e. The lowest BCUT2D eigenvalue weighted by Gasteiger charge is -2.16. The summed E-state index contributed by atoms with van der Waals surface area (Å²) in [5.41, 5.74) is 0.190. The van der Waals surface area contributed by atoms with E-state index in [4.69, 9.17) is 5.11 Å². The van der Waals surface area contributed by atoms with Crippen LogP contribution in [0.15, 0.2) is 0 Å². The van der Waals surface area contributed by atoms with Gasteiger partial charge in [0.2, 0.25) is 5.91 Å². The molecule has 0 unspecified atom stereocenters. The molecule has 0 aliphatic heterocycles. The van der Waals surface area contributed by atoms with Crippen molar-refractivity contribution in [3.05, 3.63) is 0 Å². The minimum atomic E-state index is -0.352. The highest BCUT2D eigenvalue weighted by Crippen LogP contribution is 2.16. The van der Waals surface area contributed by atoms with E-state index >= 15 is 0 Å². The summed E-state index contributed by atoms with van der Waals surface area (Å²) in [6, 6.07) is 0. The first kappa shape index (κ1) is 17.8. The molecule has 0 rings (SSSR count). The Labute approximate surface area is 101 Å². The number of rotatable bonds is 2. The first-order valence-electron chi connectivity index (χ1n) is 5.93. The fourth-order valence-electron chi connectivity index (χ4n) is 0.435. The summed E-state index contributed by atoms with van der Waals surface area (Å²) in [6.07, 6.45) is 1.27. The molecule has 16 heavy (non-hydrogen) atoms. The first-order valence-corrected chi connectivity index (χ1v) is 5.93. The number of hydrogen-bond donors (Lipinski definition) is 2. The minimum absolute atomic E-state index is 0.00181. The molecule has 0 spiro atoms. The molecule has 0 aromatic heterocycles. The number of amides is 1. The van der Waals surface area contributed by atoms with Crippen LogP contribution in [-0.2, 0) is 4.79 Å². The maximum Gasteiger partial charge on any atom is 0.225 e. The van der Waals surface area contributed by atoms with Gasteiger partial charge in [0, 0.05) is 12.0 Å². The molecule has 0 aliphatic rings. The lowest BCUT2D eigenvalue weighted by molar-refractivity contribution is -0.128. The number of carbonyl (C=O) groups excluding carboxylic acids is 1. The number of aliphatic hydroxyl groups excluding tert-OH is 1. The molecule has 98 valence electrons. The summed E-state index contributed by atoms with van der Waals surface area (Å²) in [7, 11) is 0. The van der Waals surface area contributed by atoms with Crippen molar-refractivity contribution in [3.8, 4) is 0 Å². The fraction of sp³-hybridized carbons (Fsp3) is 0.923. The zero-order chi connectivity index (χ0) is 13.4. The molecule has 3 nitrogen and oxygen atoms in total. The monoisotopic (exact) mass is 231 g/mol. The van der Waals surface area contributed by atoms with Crippen molar-refractivity contribution in [1.82, 2.24) is 5.32 Å². The van der Waals surface area contributed by atoms with E-state index in [9.17, 15) is 4.79 Å². The molecule has 0 saturated heterocycles. The SMILES string of the molecule is CC(C)(C)C(=O)NCCO.CCC(C)(C)C. The molecule has 0 heterocycles. The molecule has 0 aromatic carbocycles. The molecule has 2 N–H and O–H groups in total. The van der Waals surface area contributed by atoms with Gasteiger partial charge in [-0.15, -0.1) is 0 Å². The highest BCUT2D eigenvalue weighted by atomic mass is 16.3. The summed E-state index contributed by atoms with van der Waals surface area (Å²) >= 11 is 0. The average molecular weight is 231 g/mol. The van der Waals surface area contributed by atoms with E-state index in [2.05, 4.69) is 33.0 Å². The Hall–Kier alpha value is -0.570. The molecule has 0 atom stereocenters. The number of carbonyl (C=O) groups is 1. The van der Waals surface area contributed by atoms with E-state index in [1.807, 2.05) is 20.8 Å². The normalized spacial score (nSPS) is 11.5. The zero-order valence-corrected chi connectivity index (χ0v) is 12.0. The van der Waals surface area contributed by atoms with Gasteiger partial charge in [0.25, 0.3) is 0 Å². The molecule has 0 saturated carbocycles. The van der Waals surface area contributed by atoms with Gasteiger partial charge in [0.15, 0.2) is 0 Å². The number of hydrogen-bond acceptors (Lipinski definition) is 2. The third-order valence-electron chi connectivity index (χ3n) is 2.14. The fourth-order valence-corrected chi connectivity index (χ4v) is 0.435. The molecule has 0 aliphatic carbocycles. The first-order chi connectivity index (χ1) is 7.04. The van der Waals surface area contributed by atoms with Crippen LogP contribution in [0.1, 0.15) is 54.9 Å². The molecule has 3 heteroatoms. The van der Waals surface area contributed by atoms with Gasteiger partial charge >= 0.3 is 0 Å². The zero-order valence-electron chi connectivity index (χ0n) is 12.0. The van der Waals surface area contributed by atoms with Crippen LogP contribution < -0.4 is 5.32 Å². The predicted molar refractivity (Wildman–Crippen MR) is 69.3 cm³/mol. The van der Waals surface area contributed by atoms with Crippen LogP contribution in [0.2, 0.25) is 0 Å². The van der Waals surface area contributed by atoms with Gasteiger partial charge in [-0.1, -0.05) is 54.9 Å².